The van der Waals surface area contributed by atoms with Crippen molar-refractivity contribution in [2.75, 3.05) is 0 Å². The average molecular weight is 526 g/mol. The SMILES string of the molecule is C[C@H]1CCC(c2ccc3ccncc3c2)CC/C=C2/C=C3CCC(N4C(=O)NC(C)(C)C4=O)C[C@]34CC[C@@]21O4. The minimum atomic E-state index is -0.838. The van der Waals surface area contributed by atoms with Crippen molar-refractivity contribution < 1.29 is 14.3 Å². The van der Waals surface area contributed by atoms with Gasteiger partial charge in [-0.25, -0.2) is 4.79 Å². The number of hydrogen-bond donors (Lipinski definition) is 1. The second kappa shape index (κ2) is 8.76. The van der Waals surface area contributed by atoms with Crippen molar-refractivity contribution in [1.29, 1.82) is 0 Å². The number of benzene rings is 1. The van der Waals surface area contributed by atoms with Gasteiger partial charge in [-0.15, -0.1) is 0 Å². The van der Waals surface area contributed by atoms with Gasteiger partial charge in [0.1, 0.15) is 5.54 Å². The first-order valence-electron chi connectivity index (χ1n) is 14.8. The summed E-state index contributed by atoms with van der Waals surface area (Å²) in [6.45, 7) is 5.96. The number of aromatic nitrogens is 1. The first-order valence-corrected chi connectivity index (χ1v) is 14.8. The Morgan fingerprint density at radius 2 is 1.92 bits per heavy atom. The fourth-order valence-electron chi connectivity index (χ4n) is 8.24. The number of pyridine rings is 1. The number of nitrogens with zero attached hydrogens (tertiary/aromatic N) is 2. The number of ether oxygens (including phenoxy) is 1. The molecule has 1 saturated carbocycles. The first-order chi connectivity index (χ1) is 18.7. The van der Waals surface area contributed by atoms with E-state index in [2.05, 4.69) is 53.6 Å². The molecule has 0 radical (unpaired) electrons. The Kier molecular flexibility index (Phi) is 5.61. The largest absolute Gasteiger partial charge is 0.359 e. The summed E-state index contributed by atoms with van der Waals surface area (Å²) in [7, 11) is 0. The van der Waals surface area contributed by atoms with Crippen molar-refractivity contribution in [2.24, 2.45) is 5.92 Å². The first kappa shape index (κ1) is 25.0. The highest BCUT2D eigenvalue weighted by atomic mass is 16.5. The van der Waals surface area contributed by atoms with Crippen LogP contribution in [-0.2, 0) is 9.53 Å². The van der Waals surface area contributed by atoms with Crippen molar-refractivity contribution >= 4 is 22.7 Å². The Balaban J connectivity index is 1.15. The van der Waals surface area contributed by atoms with Gasteiger partial charge in [0, 0.05) is 30.2 Å². The van der Waals surface area contributed by atoms with Gasteiger partial charge in [0.25, 0.3) is 5.91 Å². The van der Waals surface area contributed by atoms with Gasteiger partial charge < -0.3 is 10.1 Å². The van der Waals surface area contributed by atoms with Crippen molar-refractivity contribution in [1.82, 2.24) is 15.2 Å². The van der Waals surface area contributed by atoms with Crippen LogP contribution in [0.5, 0.6) is 0 Å². The van der Waals surface area contributed by atoms with Gasteiger partial charge in [0.15, 0.2) is 0 Å². The van der Waals surface area contributed by atoms with Crippen LogP contribution < -0.4 is 5.32 Å². The summed E-state index contributed by atoms with van der Waals surface area (Å²) >= 11 is 0. The van der Waals surface area contributed by atoms with Gasteiger partial charge in [-0.3, -0.25) is 14.7 Å². The Hall–Kier alpha value is -2.99. The van der Waals surface area contributed by atoms with Gasteiger partial charge in [0.2, 0.25) is 0 Å². The number of carbonyl (C=O) groups excluding carboxylic acids is 2. The lowest BCUT2D eigenvalue weighted by atomic mass is 9.73. The third kappa shape index (κ3) is 3.81. The molecule has 2 unspecified atom stereocenters. The highest BCUT2D eigenvalue weighted by molar-refractivity contribution is 6.06. The van der Waals surface area contributed by atoms with Crippen LogP contribution in [0.3, 0.4) is 0 Å². The Labute approximate surface area is 230 Å². The van der Waals surface area contributed by atoms with Crippen LogP contribution in [0.1, 0.15) is 90.0 Å². The summed E-state index contributed by atoms with van der Waals surface area (Å²) in [6.07, 6.45) is 17.5. The molecule has 5 atom stereocenters. The highest BCUT2D eigenvalue weighted by Gasteiger charge is 2.60. The number of hydrogen-bond acceptors (Lipinski definition) is 4. The molecule has 6 nitrogen and oxygen atoms in total. The van der Waals surface area contributed by atoms with Gasteiger partial charge >= 0.3 is 6.03 Å². The highest BCUT2D eigenvalue weighted by Crippen LogP contribution is 2.59. The molecule has 5 aliphatic rings. The van der Waals surface area contributed by atoms with E-state index in [1.165, 1.54) is 32.4 Å². The van der Waals surface area contributed by atoms with Gasteiger partial charge in [-0.2, -0.15) is 0 Å². The van der Waals surface area contributed by atoms with E-state index < -0.39 is 5.54 Å². The number of carbonyl (C=O) groups is 2. The molecule has 2 aromatic rings. The van der Waals surface area contributed by atoms with E-state index in [9.17, 15) is 9.59 Å². The molecular formula is C33H39N3O3. The maximum atomic E-state index is 13.1. The van der Waals surface area contributed by atoms with Gasteiger partial charge in [-0.1, -0.05) is 31.2 Å². The third-order valence-corrected chi connectivity index (χ3v) is 10.5. The van der Waals surface area contributed by atoms with Crippen LogP contribution in [0.15, 0.2) is 60.0 Å². The molecule has 2 aliphatic carbocycles. The minimum absolute atomic E-state index is 0.114. The zero-order valence-corrected chi connectivity index (χ0v) is 23.3. The number of imide groups is 1. The maximum absolute atomic E-state index is 13.1. The monoisotopic (exact) mass is 525 g/mol. The molecule has 1 aromatic heterocycles. The molecule has 204 valence electrons. The van der Waals surface area contributed by atoms with Crippen LogP contribution in [0.2, 0.25) is 0 Å². The quantitative estimate of drug-likeness (QED) is 0.451. The molecule has 7 rings (SSSR count). The maximum Gasteiger partial charge on any atom is 0.325 e. The van der Waals surface area contributed by atoms with Crippen LogP contribution in [0.25, 0.3) is 10.8 Å². The molecule has 1 N–H and O–H groups in total. The fraction of sp³-hybridized carbons (Fsp3) is 0.545. The molecule has 3 amide bonds. The third-order valence-electron chi connectivity index (χ3n) is 10.5. The molecule has 3 fully saturated rings. The standard InChI is InChI=1S/C33H39N3O3/c1-21-7-8-22(24-10-9-23-13-16-34-20-25(23)17-24)5-4-6-27-18-26-11-12-28(19-32(26)14-15-33(21,27)39-32)36-29(37)31(2,3)35-30(36)38/h6,9-10,13,16-18,20-22,28H,4-5,7-8,11-12,14-15,19H2,1-3H3,(H,35,38)/b27-6-/t21-,22?,28?,32+,33-/m0/s1. The summed E-state index contributed by atoms with van der Waals surface area (Å²) < 4.78 is 7.28. The summed E-state index contributed by atoms with van der Waals surface area (Å²) in [5.74, 6) is 0.791. The van der Waals surface area contributed by atoms with E-state index in [0.29, 0.717) is 18.3 Å². The zero-order chi connectivity index (χ0) is 27.0. The molecule has 2 bridgehead atoms. The van der Waals surface area contributed by atoms with Crippen molar-refractivity contribution in [3.05, 3.63) is 65.5 Å². The summed E-state index contributed by atoms with van der Waals surface area (Å²) in [4.78, 5) is 31.7. The Morgan fingerprint density at radius 1 is 1.05 bits per heavy atom. The van der Waals surface area contributed by atoms with E-state index in [-0.39, 0.29) is 29.2 Å². The summed E-state index contributed by atoms with van der Waals surface area (Å²) in [6, 6.07) is 8.59. The van der Waals surface area contributed by atoms with Gasteiger partial charge in [0.05, 0.1) is 11.2 Å². The van der Waals surface area contributed by atoms with Crippen molar-refractivity contribution in [3.8, 4) is 0 Å². The summed E-state index contributed by atoms with van der Waals surface area (Å²) in [5, 5.41) is 5.33. The average Bonchev–Trinajstić information content (AvgIpc) is 3.37. The molecule has 2 saturated heterocycles. The normalized spacial score (nSPS) is 37.1. The number of urea groups is 1. The smallest absolute Gasteiger partial charge is 0.325 e. The number of amides is 3. The van der Waals surface area contributed by atoms with E-state index in [0.717, 1.165) is 51.4 Å². The van der Waals surface area contributed by atoms with E-state index >= 15 is 0 Å². The van der Waals surface area contributed by atoms with E-state index in [1.807, 2.05) is 12.4 Å². The number of nitrogens with one attached hydrogen (secondary N) is 1. The van der Waals surface area contributed by atoms with E-state index in [4.69, 9.17) is 4.74 Å². The van der Waals surface area contributed by atoms with E-state index in [1.54, 1.807) is 13.8 Å². The predicted molar refractivity (Wildman–Crippen MR) is 151 cm³/mol. The topological polar surface area (TPSA) is 71.5 Å². The minimum Gasteiger partial charge on any atom is -0.359 e. The number of fused-ring (bicyclic) bond motifs is 1. The predicted octanol–water partition coefficient (Wildman–Crippen LogP) is 6.57. The lowest BCUT2D eigenvalue weighted by Gasteiger charge is -2.49. The second-order valence-electron chi connectivity index (χ2n) is 13.2. The van der Waals surface area contributed by atoms with Crippen LogP contribution in [0, 0.1) is 5.92 Å². The molecule has 1 aromatic carbocycles. The molecule has 39 heavy (non-hydrogen) atoms. The Bertz CT molecular complexity index is 1430. The second-order valence-corrected chi connectivity index (χ2v) is 13.2. The van der Waals surface area contributed by atoms with Crippen LogP contribution in [0.4, 0.5) is 4.79 Å². The molecule has 4 heterocycles. The molecule has 2 spiro atoms. The van der Waals surface area contributed by atoms with Gasteiger partial charge in [-0.05, 0) is 111 Å². The zero-order valence-electron chi connectivity index (χ0n) is 23.3. The van der Waals surface area contributed by atoms with Crippen molar-refractivity contribution in [3.63, 3.8) is 0 Å². The van der Waals surface area contributed by atoms with Crippen molar-refractivity contribution in [2.45, 2.75) is 107 Å². The lowest BCUT2D eigenvalue weighted by Crippen LogP contribution is -2.53. The molecular weight excluding hydrogens is 486 g/mol. The van der Waals surface area contributed by atoms with Crippen LogP contribution >= 0.6 is 0 Å². The Morgan fingerprint density at radius 3 is 2.74 bits per heavy atom. The van der Waals surface area contributed by atoms with Crippen LogP contribution in [-0.4, -0.2) is 44.6 Å². The number of allylic oxidation sites excluding steroid dienone is 1. The lowest BCUT2D eigenvalue weighted by molar-refractivity contribution is -0.137. The fourth-order valence-corrected chi connectivity index (χ4v) is 8.24. The molecule has 6 heteroatoms. The molecule has 3 aliphatic heterocycles. The summed E-state index contributed by atoms with van der Waals surface area (Å²) in [5.41, 5.74) is 2.68. The number of rotatable bonds is 2.